The summed E-state index contributed by atoms with van der Waals surface area (Å²) < 4.78 is 28.3. The summed E-state index contributed by atoms with van der Waals surface area (Å²) in [7, 11) is 1.94. The van der Waals surface area contributed by atoms with Gasteiger partial charge in [-0.2, -0.15) is 0 Å². The molecule has 4 bridgehead atoms. The summed E-state index contributed by atoms with van der Waals surface area (Å²) in [5, 5.41) is 11.2. The summed E-state index contributed by atoms with van der Waals surface area (Å²) in [5.41, 5.74) is 1.98. The van der Waals surface area contributed by atoms with E-state index in [2.05, 4.69) is 55.8 Å². The first-order chi connectivity index (χ1) is 22.7. The van der Waals surface area contributed by atoms with Crippen LogP contribution in [0.1, 0.15) is 123 Å². The van der Waals surface area contributed by atoms with Crippen molar-refractivity contribution < 1.29 is 19.3 Å². The number of phenolic OH excluding ortho intramolecular Hbond substituents is 1. The number of likely N-dealkylation sites (tertiary alicyclic amines) is 1. The molecule has 1 aromatic carbocycles. The molecule has 2 spiro atoms. The normalized spacial score (nSPS) is 34.2. The number of phenols is 1. The summed E-state index contributed by atoms with van der Waals surface area (Å²) in [6.07, 6.45) is 18.8. The topological polar surface area (TPSA) is 51.2 Å². The number of ether oxygens (including phenoxy) is 3. The van der Waals surface area contributed by atoms with Crippen LogP contribution in [0.3, 0.4) is 0 Å². The zero-order valence-corrected chi connectivity index (χ0v) is 33.5. The fourth-order valence-corrected chi connectivity index (χ4v) is 26.4. The van der Waals surface area contributed by atoms with Crippen molar-refractivity contribution in [1.82, 2.24) is 4.90 Å². The van der Waals surface area contributed by atoms with Gasteiger partial charge in [0.25, 0.3) is 0 Å². The molecule has 0 unspecified atom stereocenters. The van der Waals surface area contributed by atoms with Crippen molar-refractivity contribution in [2.75, 3.05) is 26.8 Å². The van der Waals surface area contributed by atoms with Gasteiger partial charge >= 0.3 is 279 Å². The second kappa shape index (κ2) is 13.1. The minimum absolute atomic E-state index is 0.0835. The third kappa shape index (κ3) is 5.39. The van der Waals surface area contributed by atoms with Crippen LogP contribution in [0.4, 0.5) is 0 Å². The fourth-order valence-electron chi connectivity index (χ4n) is 12.1. The Morgan fingerprint density at radius 3 is 2.36 bits per heavy atom. The SMILES string of the molecule is CCC[CH2][Sn](/[CH]=C/COC(C)(C)[C@H]1C[C@@]23CC[C@]1(OC)[C@@H]1Oc4c(O)ccc5c4[C@@]12CCN(CC1CC1)[C@@H]3C5)([CH2]CCC)[CH2]CCC. The van der Waals surface area contributed by atoms with E-state index in [1.54, 1.807) is 0 Å². The van der Waals surface area contributed by atoms with Crippen molar-refractivity contribution in [3.8, 4) is 11.5 Å². The standard InChI is InChI=1S/C29H38NO4.3C4H9.Sn/c1-5-14-33-26(2,3)21-16-27-10-11-29(21,32-4)25-28(27)12-13-30(17-18-6-7-18)22(27)15-19-8-9-20(31)24(34-25)23(19)28;3*1-3-4-2;/h1,5,8-9,18,21-22,25,31H,6-7,10-17H2,2-4H3;3*1,3-4H2,2H3;/t21-,22-,25-,27-,28+,29-;;;;/m1..../s1. The van der Waals surface area contributed by atoms with E-state index in [1.807, 2.05) is 13.2 Å². The zero-order valence-electron chi connectivity index (χ0n) is 30.7. The molecule has 8 rings (SSSR count). The molecule has 0 aromatic heterocycles. The molecule has 5 fully saturated rings. The quantitative estimate of drug-likeness (QED) is 0.161. The minimum atomic E-state index is -2.37. The van der Waals surface area contributed by atoms with Gasteiger partial charge in [0.15, 0.2) is 0 Å². The van der Waals surface area contributed by atoms with Gasteiger partial charge in [-0.25, -0.2) is 0 Å². The van der Waals surface area contributed by atoms with Crippen LogP contribution in [0, 0.1) is 17.3 Å². The first kappa shape index (κ1) is 34.7. The van der Waals surface area contributed by atoms with Crippen molar-refractivity contribution in [3.05, 3.63) is 33.4 Å². The Balaban J connectivity index is 1.20. The van der Waals surface area contributed by atoms with Crippen molar-refractivity contribution in [2.24, 2.45) is 17.3 Å². The molecule has 47 heavy (non-hydrogen) atoms. The molecule has 7 aliphatic rings. The third-order valence-corrected chi connectivity index (χ3v) is 28.9. The molecule has 4 saturated carbocycles. The molecular formula is C41H65NO4Sn. The number of hydrogen-bond donors (Lipinski definition) is 1. The number of aromatic hydroxyl groups is 1. The van der Waals surface area contributed by atoms with Crippen molar-refractivity contribution in [1.29, 1.82) is 0 Å². The summed E-state index contributed by atoms with van der Waals surface area (Å²) in [6.45, 7) is 14.9. The van der Waals surface area contributed by atoms with Crippen LogP contribution in [0.15, 0.2) is 22.3 Å². The van der Waals surface area contributed by atoms with Gasteiger partial charge in [0.1, 0.15) is 0 Å². The Bertz CT molecular complexity index is 1300. The summed E-state index contributed by atoms with van der Waals surface area (Å²) >= 11 is -2.37. The Morgan fingerprint density at radius 1 is 1.02 bits per heavy atom. The van der Waals surface area contributed by atoms with Gasteiger partial charge in [0, 0.05) is 0 Å². The third-order valence-electron chi connectivity index (χ3n) is 14.6. The predicted octanol–water partition coefficient (Wildman–Crippen LogP) is 9.36. The van der Waals surface area contributed by atoms with Crippen LogP contribution in [-0.2, 0) is 21.3 Å². The molecule has 0 amide bonds. The van der Waals surface area contributed by atoms with Gasteiger partial charge in [0.2, 0.25) is 0 Å². The van der Waals surface area contributed by atoms with Gasteiger partial charge in [-0.15, -0.1) is 0 Å². The molecule has 5 aliphatic carbocycles. The van der Waals surface area contributed by atoms with Crippen LogP contribution in [0.25, 0.3) is 0 Å². The van der Waals surface area contributed by atoms with E-state index in [-0.39, 0.29) is 28.5 Å². The Hall–Kier alpha value is -0.761. The second-order valence-electron chi connectivity index (χ2n) is 17.4. The van der Waals surface area contributed by atoms with Crippen molar-refractivity contribution in [2.45, 2.75) is 160 Å². The zero-order chi connectivity index (χ0) is 33.1. The van der Waals surface area contributed by atoms with Crippen LogP contribution >= 0.6 is 0 Å². The number of unbranched alkanes of at least 4 members (excludes halogenated alkanes) is 3. The monoisotopic (exact) mass is 755 g/mol. The fraction of sp³-hybridized carbons (Fsp3) is 0.805. The molecule has 6 atom stereocenters. The van der Waals surface area contributed by atoms with Gasteiger partial charge in [-0.1, -0.05) is 0 Å². The van der Waals surface area contributed by atoms with Crippen LogP contribution < -0.4 is 4.74 Å². The van der Waals surface area contributed by atoms with E-state index in [9.17, 15) is 5.11 Å². The summed E-state index contributed by atoms with van der Waals surface area (Å²) in [4.78, 5) is 2.90. The average molecular weight is 755 g/mol. The summed E-state index contributed by atoms with van der Waals surface area (Å²) in [5.74, 6) is 2.18. The van der Waals surface area contributed by atoms with Crippen LogP contribution in [0.2, 0.25) is 13.3 Å². The van der Waals surface area contributed by atoms with E-state index in [1.165, 1.54) is 88.8 Å². The van der Waals surface area contributed by atoms with Gasteiger partial charge in [0.05, 0.1) is 0 Å². The number of fused-ring (bicyclic) bond motifs is 2. The molecule has 1 N–H and O–H groups in total. The average Bonchev–Trinajstić information content (AvgIpc) is 3.82. The Kier molecular flexibility index (Phi) is 9.66. The van der Waals surface area contributed by atoms with Crippen molar-refractivity contribution >= 4 is 18.4 Å². The molecular weight excluding hydrogens is 689 g/mol. The first-order valence-electron chi connectivity index (χ1n) is 19.8. The maximum absolute atomic E-state index is 11.2. The molecule has 0 radical (unpaired) electrons. The number of rotatable bonds is 17. The van der Waals surface area contributed by atoms with E-state index in [0.717, 1.165) is 43.9 Å². The second-order valence-corrected chi connectivity index (χ2v) is 30.4. The Labute approximate surface area is 290 Å². The molecule has 2 aliphatic heterocycles. The number of methoxy groups -OCH3 is 1. The number of benzene rings is 1. The summed E-state index contributed by atoms with van der Waals surface area (Å²) in [6, 6.07) is 4.63. The van der Waals surface area contributed by atoms with E-state index in [4.69, 9.17) is 14.2 Å². The molecule has 6 heteroatoms. The Morgan fingerprint density at radius 2 is 1.72 bits per heavy atom. The van der Waals surface area contributed by atoms with Crippen LogP contribution in [-0.4, -0.2) is 78.5 Å². The number of hydrogen-bond acceptors (Lipinski definition) is 5. The predicted molar refractivity (Wildman–Crippen MR) is 194 cm³/mol. The van der Waals surface area contributed by atoms with Gasteiger partial charge < -0.3 is 0 Å². The van der Waals surface area contributed by atoms with Crippen molar-refractivity contribution in [3.63, 3.8) is 0 Å². The number of nitrogens with zero attached hydrogens (tertiary/aromatic N) is 1. The van der Waals surface area contributed by atoms with E-state index in [0.29, 0.717) is 18.4 Å². The van der Waals surface area contributed by atoms with E-state index < -0.39 is 24.0 Å². The van der Waals surface area contributed by atoms with Crippen LogP contribution in [0.5, 0.6) is 11.5 Å². The maximum atomic E-state index is 11.2. The van der Waals surface area contributed by atoms with Gasteiger partial charge in [-0.3, -0.25) is 0 Å². The first-order valence-corrected chi connectivity index (χ1v) is 27.5. The molecule has 5 nitrogen and oxygen atoms in total. The number of piperidine rings is 1. The molecule has 2 heterocycles. The molecule has 1 aromatic rings. The van der Waals surface area contributed by atoms with E-state index >= 15 is 0 Å². The molecule has 1 saturated heterocycles. The molecule has 262 valence electrons. The van der Waals surface area contributed by atoms with Gasteiger partial charge in [-0.05, 0) is 12.8 Å².